The summed E-state index contributed by atoms with van der Waals surface area (Å²) < 4.78 is 1.36. The Morgan fingerprint density at radius 2 is 1.88 bits per heavy atom. The fraction of sp³-hybridized carbons (Fsp3) is 0. The van der Waals surface area contributed by atoms with E-state index in [-0.39, 0.29) is 0 Å². The number of H-pyrrole nitrogens is 1. The van der Waals surface area contributed by atoms with Crippen LogP contribution >= 0.6 is 22.7 Å². The number of fused-ring (bicyclic) bond motifs is 3. The number of hydrogen-bond acceptors (Lipinski definition) is 2. The van der Waals surface area contributed by atoms with Gasteiger partial charge in [0.05, 0.1) is 10.2 Å². The van der Waals surface area contributed by atoms with Gasteiger partial charge in [-0.3, -0.25) is 0 Å². The number of rotatable bonds is 1. The predicted molar refractivity (Wildman–Crippen MR) is 77.0 cm³/mol. The molecule has 0 bridgehead atoms. The second-order valence-corrected chi connectivity index (χ2v) is 5.89. The maximum absolute atomic E-state index is 3.48. The minimum absolute atomic E-state index is 1.23. The molecule has 0 amide bonds. The second-order valence-electron chi connectivity index (χ2n) is 4.03. The molecule has 1 nitrogen and oxygen atoms in total. The van der Waals surface area contributed by atoms with Gasteiger partial charge >= 0.3 is 0 Å². The standard InChI is InChI=1S/C14H9NS2/c1-2-13(16-6-1)9-3-4-10-12(8-9)15-11-5-7-17-14(10)11/h1-8,15H. The highest BCUT2D eigenvalue weighted by Crippen LogP contribution is 2.33. The topological polar surface area (TPSA) is 15.8 Å². The molecular formula is C14H9NS2. The Hall–Kier alpha value is -1.58. The molecule has 0 radical (unpaired) electrons. The first-order chi connectivity index (χ1) is 8.42. The summed E-state index contributed by atoms with van der Waals surface area (Å²) in [5, 5.41) is 5.58. The van der Waals surface area contributed by atoms with Crippen LogP contribution in [0.2, 0.25) is 0 Å². The smallest absolute Gasteiger partial charge is 0.0598 e. The zero-order chi connectivity index (χ0) is 11.2. The maximum Gasteiger partial charge on any atom is 0.0598 e. The Labute approximate surface area is 106 Å². The summed E-state index contributed by atoms with van der Waals surface area (Å²) in [4.78, 5) is 4.80. The van der Waals surface area contributed by atoms with Gasteiger partial charge in [0.2, 0.25) is 0 Å². The predicted octanol–water partition coefficient (Wildman–Crippen LogP) is 5.11. The third kappa shape index (κ3) is 1.36. The van der Waals surface area contributed by atoms with Gasteiger partial charge in [0.25, 0.3) is 0 Å². The van der Waals surface area contributed by atoms with Crippen LogP contribution in [0.4, 0.5) is 0 Å². The SMILES string of the molecule is c1csc(-c2ccc3c(c2)[nH]c2ccsc23)c1. The third-order valence-electron chi connectivity index (χ3n) is 3.00. The molecule has 0 fully saturated rings. The minimum Gasteiger partial charge on any atom is -0.354 e. The maximum atomic E-state index is 3.48. The Morgan fingerprint density at radius 3 is 2.76 bits per heavy atom. The molecule has 1 N–H and O–H groups in total. The van der Waals surface area contributed by atoms with E-state index >= 15 is 0 Å². The van der Waals surface area contributed by atoms with Crippen LogP contribution in [0.5, 0.6) is 0 Å². The zero-order valence-corrected chi connectivity index (χ0v) is 10.6. The van der Waals surface area contributed by atoms with Crippen LogP contribution in [-0.2, 0) is 0 Å². The van der Waals surface area contributed by atoms with Gasteiger partial charge in [-0.1, -0.05) is 18.2 Å². The summed E-state index contributed by atoms with van der Waals surface area (Å²) in [6.45, 7) is 0. The highest BCUT2D eigenvalue weighted by Gasteiger charge is 2.06. The quantitative estimate of drug-likeness (QED) is 0.486. The van der Waals surface area contributed by atoms with Gasteiger partial charge in [0.1, 0.15) is 0 Å². The van der Waals surface area contributed by atoms with Crippen LogP contribution in [-0.4, -0.2) is 4.98 Å². The van der Waals surface area contributed by atoms with Crippen LogP contribution in [0.25, 0.3) is 31.6 Å². The van der Waals surface area contributed by atoms with Gasteiger partial charge in [-0.05, 0) is 34.5 Å². The van der Waals surface area contributed by atoms with Crippen molar-refractivity contribution in [2.45, 2.75) is 0 Å². The number of thiophene rings is 2. The molecule has 3 heterocycles. The van der Waals surface area contributed by atoms with E-state index in [0.717, 1.165) is 0 Å². The third-order valence-corrected chi connectivity index (χ3v) is 4.87. The molecule has 0 spiro atoms. The van der Waals surface area contributed by atoms with E-state index in [1.807, 2.05) is 0 Å². The molecule has 82 valence electrons. The summed E-state index contributed by atoms with van der Waals surface area (Å²) in [5.74, 6) is 0. The van der Waals surface area contributed by atoms with Gasteiger partial charge in [-0.2, -0.15) is 0 Å². The molecule has 0 saturated carbocycles. The Morgan fingerprint density at radius 1 is 0.882 bits per heavy atom. The lowest BCUT2D eigenvalue weighted by Gasteiger charge is -1.97. The average molecular weight is 255 g/mol. The highest BCUT2D eigenvalue weighted by atomic mass is 32.1. The first-order valence-corrected chi connectivity index (χ1v) is 7.20. The van der Waals surface area contributed by atoms with E-state index in [0.29, 0.717) is 0 Å². The van der Waals surface area contributed by atoms with Crippen molar-refractivity contribution < 1.29 is 0 Å². The van der Waals surface area contributed by atoms with Crippen molar-refractivity contribution in [3.63, 3.8) is 0 Å². The fourth-order valence-electron chi connectivity index (χ4n) is 2.20. The van der Waals surface area contributed by atoms with E-state index < -0.39 is 0 Å². The Balaban J connectivity index is 2.03. The number of aromatic amines is 1. The number of aromatic nitrogens is 1. The molecule has 0 aliphatic rings. The van der Waals surface area contributed by atoms with Crippen molar-refractivity contribution in [3.8, 4) is 10.4 Å². The van der Waals surface area contributed by atoms with Gasteiger partial charge in [-0.25, -0.2) is 0 Å². The van der Waals surface area contributed by atoms with Gasteiger partial charge in [-0.15, -0.1) is 22.7 Å². The van der Waals surface area contributed by atoms with Gasteiger partial charge < -0.3 is 4.98 Å². The Bertz CT molecular complexity index is 790. The molecule has 17 heavy (non-hydrogen) atoms. The lowest BCUT2D eigenvalue weighted by atomic mass is 10.1. The van der Waals surface area contributed by atoms with E-state index in [1.54, 1.807) is 22.7 Å². The number of hydrogen-bond donors (Lipinski definition) is 1. The molecule has 4 aromatic rings. The first kappa shape index (κ1) is 9.45. The van der Waals surface area contributed by atoms with Crippen LogP contribution in [0.15, 0.2) is 47.2 Å². The number of benzene rings is 1. The minimum atomic E-state index is 1.23. The molecule has 0 atom stereocenters. The summed E-state index contributed by atoms with van der Waals surface area (Å²) in [6, 6.07) is 13.1. The van der Waals surface area contributed by atoms with Crippen LogP contribution in [0, 0.1) is 0 Å². The zero-order valence-electron chi connectivity index (χ0n) is 8.94. The van der Waals surface area contributed by atoms with E-state index in [9.17, 15) is 0 Å². The van der Waals surface area contributed by atoms with Crippen LogP contribution in [0.1, 0.15) is 0 Å². The summed E-state index contributed by atoms with van der Waals surface area (Å²) in [6.07, 6.45) is 0. The van der Waals surface area contributed by atoms with Crippen molar-refractivity contribution in [2.75, 3.05) is 0 Å². The molecule has 3 heteroatoms. The molecular weight excluding hydrogens is 246 g/mol. The molecule has 3 aromatic heterocycles. The van der Waals surface area contributed by atoms with E-state index in [4.69, 9.17) is 0 Å². The van der Waals surface area contributed by atoms with Crippen molar-refractivity contribution in [1.82, 2.24) is 4.98 Å². The van der Waals surface area contributed by atoms with E-state index in [1.165, 1.54) is 31.6 Å². The number of nitrogens with one attached hydrogen (secondary N) is 1. The van der Waals surface area contributed by atoms with Crippen molar-refractivity contribution in [1.29, 1.82) is 0 Å². The largest absolute Gasteiger partial charge is 0.354 e. The van der Waals surface area contributed by atoms with Crippen molar-refractivity contribution >= 4 is 43.8 Å². The van der Waals surface area contributed by atoms with Crippen LogP contribution in [0.3, 0.4) is 0 Å². The normalized spacial score (nSPS) is 11.5. The van der Waals surface area contributed by atoms with Gasteiger partial charge in [0, 0.05) is 15.8 Å². The summed E-state index contributed by atoms with van der Waals surface area (Å²) >= 11 is 3.58. The van der Waals surface area contributed by atoms with E-state index in [2.05, 4.69) is 52.1 Å². The Kier molecular flexibility index (Phi) is 1.92. The molecule has 0 unspecified atom stereocenters. The molecule has 0 aliphatic carbocycles. The van der Waals surface area contributed by atoms with Crippen molar-refractivity contribution in [3.05, 3.63) is 47.2 Å². The fourth-order valence-corrected chi connectivity index (χ4v) is 3.82. The second kappa shape index (κ2) is 3.45. The lowest BCUT2D eigenvalue weighted by Crippen LogP contribution is -1.73. The monoisotopic (exact) mass is 255 g/mol. The van der Waals surface area contributed by atoms with Crippen LogP contribution < -0.4 is 0 Å². The summed E-state index contributed by atoms with van der Waals surface area (Å²) in [7, 11) is 0. The lowest BCUT2D eigenvalue weighted by molar-refractivity contribution is 1.56. The molecule has 1 aromatic carbocycles. The molecule has 0 saturated heterocycles. The highest BCUT2D eigenvalue weighted by molar-refractivity contribution is 7.18. The first-order valence-electron chi connectivity index (χ1n) is 5.45. The van der Waals surface area contributed by atoms with Gasteiger partial charge in [0.15, 0.2) is 0 Å². The van der Waals surface area contributed by atoms with Crippen molar-refractivity contribution in [2.24, 2.45) is 0 Å². The molecule has 0 aliphatic heterocycles. The summed E-state index contributed by atoms with van der Waals surface area (Å²) in [5.41, 5.74) is 3.77. The average Bonchev–Trinajstić information content (AvgIpc) is 3.04. The molecule has 4 rings (SSSR count).